The second-order valence-electron chi connectivity index (χ2n) is 5.62. The molecular weight excluding hydrogens is 298 g/mol. The zero-order chi connectivity index (χ0) is 16.7. The number of hydrogen-bond donors (Lipinski definition) is 2. The Balaban J connectivity index is 1.80. The molecule has 2 N–H and O–H groups in total. The molecule has 1 aromatic heterocycles. The van der Waals surface area contributed by atoms with Crippen molar-refractivity contribution in [3.05, 3.63) is 18.3 Å². The molecule has 7 nitrogen and oxygen atoms in total. The zero-order valence-corrected chi connectivity index (χ0v) is 13.3. The number of amides is 2. The van der Waals surface area contributed by atoms with Gasteiger partial charge in [0.1, 0.15) is 0 Å². The van der Waals surface area contributed by atoms with E-state index in [1.807, 2.05) is 0 Å². The molecule has 2 rings (SSSR count). The summed E-state index contributed by atoms with van der Waals surface area (Å²) in [4.78, 5) is 28.8. The molecule has 0 aliphatic carbocycles. The molecule has 2 heterocycles. The molecule has 0 aromatic carbocycles. The lowest BCUT2D eigenvalue weighted by molar-refractivity contribution is -0.143. The van der Waals surface area contributed by atoms with Gasteiger partial charge in [-0.05, 0) is 25.3 Å². The molecule has 7 heteroatoms. The third-order valence-corrected chi connectivity index (χ3v) is 3.87. The summed E-state index contributed by atoms with van der Waals surface area (Å²) in [6, 6.07) is 3.24. The number of rotatable bonds is 6. The second-order valence-corrected chi connectivity index (χ2v) is 5.62. The fraction of sp³-hybridized carbons (Fsp3) is 0.562. The van der Waals surface area contributed by atoms with Crippen LogP contribution in [-0.4, -0.2) is 46.7 Å². The minimum absolute atomic E-state index is 0.227. The quantitative estimate of drug-likeness (QED) is 0.786. The first-order valence-corrected chi connectivity index (χ1v) is 7.97. The second kappa shape index (κ2) is 8.36. The summed E-state index contributed by atoms with van der Waals surface area (Å²) in [6.45, 7) is 3.63. The number of unbranched alkanes of at least 4 members (excludes halogenated alkanes) is 1. The normalized spacial score (nSPS) is 15.3. The Labute approximate surface area is 135 Å². The summed E-state index contributed by atoms with van der Waals surface area (Å²) >= 11 is 0. The average Bonchev–Trinajstić information content (AvgIpc) is 2.56. The Morgan fingerprint density at radius 3 is 2.70 bits per heavy atom. The number of aliphatic carboxylic acids is 1. The predicted molar refractivity (Wildman–Crippen MR) is 85.6 cm³/mol. The van der Waals surface area contributed by atoms with Crippen LogP contribution in [-0.2, 0) is 4.79 Å². The Bertz CT molecular complexity index is 525. The number of likely N-dealkylation sites (tertiary alicyclic amines) is 1. The minimum atomic E-state index is -0.784. The van der Waals surface area contributed by atoms with Crippen LogP contribution in [0.1, 0.15) is 32.6 Å². The van der Waals surface area contributed by atoms with Gasteiger partial charge in [-0.3, -0.25) is 4.79 Å². The maximum Gasteiger partial charge on any atom is 0.321 e. The highest BCUT2D eigenvalue weighted by Gasteiger charge is 2.26. The average molecular weight is 321 g/mol. The number of ether oxygens (including phenoxy) is 1. The first-order valence-electron chi connectivity index (χ1n) is 7.97. The summed E-state index contributed by atoms with van der Waals surface area (Å²) in [5, 5.41) is 11.7. The van der Waals surface area contributed by atoms with E-state index < -0.39 is 5.97 Å². The Kier molecular flexibility index (Phi) is 6.19. The topological polar surface area (TPSA) is 91.8 Å². The maximum atomic E-state index is 12.1. The standard InChI is InChI=1S/C16H23N3O4/c1-2-3-10-23-14-5-4-13(11-17-14)18-16(22)19-8-6-12(7-9-19)15(20)21/h4-5,11-12H,2-3,6-10H2,1H3,(H,18,22)(H,20,21). The highest BCUT2D eigenvalue weighted by molar-refractivity contribution is 5.89. The number of carboxylic acids is 1. The summed E-state index contributed by atoms with van der Waals surface area (Å²) in [7, 11) is 0. The van der Waals surface area contributed by atoms with Gasteiger partial charge in [0.05, 0.1) is 24.4 Å². The van der Waals surface area contributed by atoms with Crippen molar-refractivity contribution in [1.82, 2.24) is 9.88 Å². The smallest absolute Gasteiger partial charge is 0.321 e. The van der Waals surface area contributed by atoms with Crippen LogP contribution in [0.3, 0.4) is 0 Å². The zero-order valence-electron chi connectivity index (χ0n) is 13.3. The fourth-order valence-corrected chi connectivity index (χ4v) is 2.39. The Morgan fingerprint density at radius 1 is 1.39 bits per heavy atom. The molecule has 126 valence electrons. The number of carbonyl (C=O) groups is 2. The number of carbonyl (C=O) groups excluding carboxylic acids is 1. The van der Waals surface area contributed by atoms with Crippen molar-refractivity contribution >= 4 is 17.7 Å². The third-order valence-electron chi connectivity index (χ3n) is 3.87. The van der Waals surface area contributed by atoms with Crippen molar-refractivity contribution in [2.75, 3.05) is 25.0 Å². The van der Waals surface area contributed by atoms with Crippen molar-refractivity contribution in [2.45, 2.75) is 32.6 Å². The van der Waals surface area contributed by atoms with Gasteiger partial charge >= 0.3 is 12.0 Å². The largest absolute Gasteiger partial charge is 0.481 e. The van der Waals surface area contributed by atoms with Gasteiger partial charge in [-0.1, -0.05) is 13.3 Å². The van der Waals surface area contributed by atoms with Crippen LogP contribution in [0.25, 0.3) is 0 Å². The van der Waals surface area contributed by atoms with Crippen molar-refractivity contribution in [3.8, 4) is 5.88 Å². The molecule has 1 fully saturated rings. The molecular formula is C16H23N3O4. The van der Waals surface area contributed by atoms with Gasteiger partial charge in [-0.25, -0.2) is 9.78 Å². The monoisotopic (exact) mass is 321 g/mol. The minimum Gasteiger partial charge on any atom is -0.481 e. The van der Waals surface area contributed by atoms with Crippen molar-refractivity contribution in [3.63, 3.8) is 0 Å². The summed E-state index contributed by atoms with van der Waals surface area (Å²) in [5.41, 5.74) is 0.596. The van der Waals surface area contributed by atoms with Crippen LogP contribution in [0.2, 0.25) is 0 Å². The molecule has 23 heavy (non-hydrogen) atoms. The molecule has 2 amide bonds. The van der Waals surface area contributed by atoms with Gasteiger partial charge in [-0.2, -0.15) is 0 Å². The number of piperidine rings is 1. The number of hydrogen-bond acceptors (Lipinski definition) is 4. The number of nitrogens with zero attached hydrogens (tertiary/aromatic N) is 2. The van der Waals surface area contributed by atoms with Crippen LogP contribution in [0.4, 0.5) is 10.5 Å². The van der Waals surface area contributed by atoms with Crippen LogP contribution < -0.4 is 10.1 Å². The molecule has 0 bridgehead atoms. The molecule has 1 saturated heterocycles. The highest BCUT2D eigenvalue weighted by Crippen LogP contribution is 2.19. The molecule has 0 radical (unpaired) electrons. The van der Waals surface area contributed by atoms with Gasteiger partial charge in [0.25, 0.3) is 0 Å². The van der Waals surface area contributed by atoms with Crippen LogP contribution in [0.5, 0.6) is 5.88 Å². The van der Waals surface area contributed by atoms with Gasteiger partial charge in [0.15, 0.2) is 0 Å². The first-order chi connectivity index (χ1) is 11.1. The SMILES string of the molecule is CCCCOc1ccc(NC(=O)N2CCC(C(=O)O)CC2)cn1. The van der Waals surface area contributed by atoms with Gasteiger partial charge < -0.3 is 20.1 Å². The van der Waals surface area contributed by atoms with E-state index in [1.54, 1.807) is 23.2 Å². The molecule has 0 spiro atoms. The van der Waals surface area contributed by atoms with Gasteiger partial charge in [-0.15, -0.1) is 0 Å². The number of aromatic nitrogens is 1. The fourth-order valence-electron chi connectivity index (χ4n) is 2.39. The van der Waals surface area contributed by atoms with E-state index in [0.717, 1.165) is 12.8 Å². The first kappa shape index (κ1) is 17.1. The van der Waals surface area contributed by atoms with E-state index in [1.165, 1.54) is 0 Å². The molecule has 0 atom stereocenters. The number of pyridine rings is 1. The van der Waals surface area contributed by atoms with E-state index in [-0.39, 0.29) is 11.9 Å². The molecule has 1 aliphatic heterocycles. The van der Waals surface area contributed by atoms with Gasteiger partial charge in [0.2, 0.25) is 5.88 Å². The number of carboxylic acid groups (broad SMARTS) is 1. The predicted octanol–water partition coefficient (Wildman–Crippen LogP) is 2.59. The van der Waals surface area contributed by atoms with E-state index in [4.69, 9.17) is 9.84 Å². The van der Waals surface area contributed by atoms with Crippen molar-refractivity contribution in [2.24, 2.45) is 5.92 Å². The van der Waals surface area contributed by atoms with E-state index in [9.17, 15) is 9.59 Å². The van der Waals surface area contributed by atoms with Crippen LogP contribution in [0, 0.1) is 5.92 Å². The van der Waals surface area contributed by atoms with Crippen LogP contribution >= 0.6 is 0 Å². The number of anilines is 1. The molecule has 0 saturated carbocycles. The Morgan fingerprint density at radius 2 is 2.13 bits per heavy atom. The van der Waals surface area contributed by atoms with Crippen molar-refractivity contribution < 1.29 is 19.4 Å². The third kappa shape index (κ3) is 5.12. The molecule has 0 unspecified atom stereocenters. The van der Waals surface area contributed by atoms with E-state index in [2.05, 4.69) is 17.2 Å². The highest BCUT2D eigenvalue weighted by atomic mass is 16.5. The van der Waals surface area contributed by atoms with Crippen LogP contribution in [0.15, 0.2) is 18.3 Å². The Hall–Kier alpha value is -2.31. The summed E-state index contributed by atoms with van der Waals surface area (Å²) in [5.74, 6) is -0.591. The van der Waals surface area contributed by atoms with Crippen molar-refractivity contribution in [1.29, 1.82) is 0 Å². The van der Waals surface area contributed by atoms with E-state index in [0.29, 0.717) is 44.1 Å². The maximum absolute atomic E-state index is 12.1. The lowest BCUT2D eigenvalue weighted by Gasteiger charge is -2.30. The number of nitrogens with one attached hydrogen (secondary N) is 1. The number of urea groups is 1. The van der Waals surface area contributed by atoms with E-state index >= 15 is 0 Å². The summed E-state index contributed by atoms with van der Waals surface area (Å²) < 4.78 is 5.47. The molecule has 1 aromatic rings. The molecule has 1 aliphatic rings. The summed E-state index contributed by atoms with van der Waals surface area (Å²) in [6.07, 6.45) is 4.58. The lowest BCUT2D eigenvalue weighted by Crippen LogP contribution is -2.42. The van der Waals surface area contributed by atoms with Gasteiger partial charge in [0, 0.05) is 19.2 Å². The lowest BCUT2D eigenvalue weighted by atomic mass is 9.97.